The third-order valence-corrected chi connectivity index (χ3v) is 2.78. The van der Waals surface area contributed by atoms with Crippen molar-refractivity contribution in [1.82, 2.24) is 0 Å². The zero-order chi connectivity index (χ0) is 14.1. The molecular formula is C14H22N2O3. The first-order valence-electron chi connectivity index (χ1n) is 6.78. The number of nitro benzene ring substituents is 1. The second-order valence-corrected chi connectivity index (χ2v) is 4.40. The van der Waals surface area contributed by atoms with Crippen LogP contribution >= 0.6 is 0 Å². The highest BCUT2D eigenvalue weighted by atomic mass is 16.6. The maximum absolute atomic E-state index is 11.0. The number of benzene rings is 1. The molecule has 106 valence electrons. The van der Waals surface area contributed by atoms with E-state index in [1.165, 1.54) is 6.07 Å². The molecule has 0 aliphatic heterocycles. The molecule has 0 bridgehead atoms. The Morgan fingerprint density at radius 3 is 2.74 bits per heavy atom. The minimum Gasteiger partial charge on any atom is -0.379 e. The highest BCUT2D eigenvalue weighted by molar-refractivity contribution is 5.66. The molecule has 0 saturated heterocycles. The molecule has 0 radical (unpaired) electrons. The standard InChI is InChI=1S/C14H22N2O3/c1-3-5-10-19-11-12-7-6-8-13(16(17)18)14(12)15-9-4-2/h6-8,15H,3-5,9-11H2,1-2H3. The summed E-state index contributed by atoms with van der Waals surface area (Å²) in [4.78, 5) is 10.7. The van der Waals surface area contributed by atoms with Crippen molar-refractivity contribution in [2.75, 3.05) is 18.5 Å². The van der Waals surface area contributed by atoms with Crippen molar-refractivity contribution in [3.05, 3.63) is 33.9 Å². The van der Waals surface area contributed by atoms with Gasteiger partial charge >= 0.3 is 0 Å². The van der Waals surface area contributed by atoms with Gasteiger partial charge in [-0.25, -0.2) is 0 Å². The van der Waals surface area contributed by atoms with Crippen LogP contribution in [0.15, 0.2) is 18.2 Å². The number of rotatable bonds is 9. The van der Waals surface area contributed by atoms with E-state index in [2.05, 4.69) is 12.2 Å². The molecule has 5 heteroatoms. The van der Waals surface area contributed by atoms with Crippen LogP contribution in [-0.4, -0.2) is 18.1 Å². The largest absolute Gasteiger partial charge is 0.379 e. The molecule has 0 unspecified atom stereocenters. The van der Waals surface area contributed by atoms with E-state index in [1.54, 1.807) is 6.07 Å². The van der Waals surface area contributed by atoms with Crippen molar-refractivity contribution >= 4 is 11.4 Å². The van der Waals surface area contributed by atoms with Crippen molar-refractivity contribution in [3.8, 4) is 0 Å². The summed E-state index contributed by atoms with van der Waals surface area (Å²) in [6, 6.07) is 5.10. The molecule has 0 heterocycles. The number of para-hydroxylation sites is 1. The number of hydrogen-bond donors (Lipinski definition) is 1. The molecule has 0 amide bonds. The zero-order valence-corrected chi connectivity index (χ0v) is 11.6. The van der Waals surface area contributed by atoms with Gasteiger partial charge in [0.2, 0.25) is 0 Å². The van der Waals surface area contributed by atoms with Gasteiger partial charge in [-0.15, -0.1) is 0 Å². The van der Waals surface area contributed by atoms with Crippen LogP contribution in [0, 0.1) is 10.1 Å². The molecule has 1 aromatic carbocycles. The molecule has 0 aliphatic carbocycles. The van der Waals surface area contributed by atoms with E-state index in [0.717, 1.165) is 24.8 Å². The molecule has 1 aromatic rings. The van der Waals surface area contributed by atoms with Crippen molar-refractivity contribution in [2.45, 2.75) is 39.7 Å². The molecule has 0 spiro atoms. The maximum Gasteiger partial charge on any atom is 0.292 e. The van der Waals surface area contributed by atoms with Gasteiger partial charge in [0.05, 0.1) is 11.5 Å². The Morgan fingerprint density at radius 1 is 1.32 bits per heavy atom. The zero-order valence-electron chi connectivity index (χ0n) is 11.6. The molecule has 0 aliphatic rings. The van der Waals surface area contributed by atoms with Crippen molar-refractivity contribution in [2.24, 2.45) is 0 Å². The monoisotopic (exact) mass is 266 g/mol. The van der Waals surface area contributed by atoms with Crippen LogP contribution in [0.4, 0.5) is 11.4 Å². The van der Waals surface area contributed by atoms with Crippen LogP contribution in [0.2, 0.25) is 0 Å². The van der Waals surface area contributed by atoms with Crippen LogP contribution in [0.1, 0.15) is 38.7 Å². The highest BCUT2D eigenvalue weighted by Crippen LogP contribution is 2.28. The number of unbranched alkanes of at least 4 members (excludes halogenated alkanes) is 1. The molecule has 5 nitrogen and oxygen atoms in total. The summed E-state index contributed by atoms with van der Waals surface area (Å²) in [5, 5.41) is 14.2. The Kier molecular flexibility index (Phi) is 6.89. The van der Waals surface area contributed by atoms with Crippen LogP contribution in [0.5, 0.6) is 0 Å². The van der Waals surface area contributed by atoms with Crippen LogP contribution in [0.25, 0.3) is 0 Å². The van der Waals surface area contributed by atoms with Gasteiger partial charge in [-0.1, -0.05) is 32.4 Å². The fourth-order valence-electron chi connectivity index (χ4n) is 1.74. The number of nitro groups is 1. The lowest BCUT2D eigenvalue weighted by Gasteiger charge is -2.12. The predicted octanol–water partition coefficient (Wildman–Crippen LogP) is 3.73. The Balaban J connectivity index is 2.82. The van der Waals surface area contributed by atoms with Crippen LogP contribution in [0.3, 0.4) is 0 Å². The van der Waals surface area contributed by atoms with E-state index in [-0.39, 0.29) is 10.6 Å². The fourth-order valence-corrected chi connectivity index (χ4v) is 1.74. The minimum absolute atomic E-state index is 0.116. The second-order valence-electron chi connectivity index (χ2n) is 4.40. The number of anilines is 1. The Hall–Kier alpha value is -1.62. The van der Waals surface area contributed by atoms with Gasteiger partial charge in [0, 0.05) is 24.8 Å². The topological polar surface area (TPSA) is 64.4 Å². The van der Waals surface area contributed by atoms with Crippen LogP contribution in [-0.2, 0) is 11.3 Å². The van der Waals surface area contributed by atoms with E-state index in [9.17, 15) is 10.1 Å². The fraction of sp³-hybridized carbons (Fsp3) is 0.571. The lowest BCUT2D eigenvalue weighted by molar-refractivity contribution is -0.384. The van der Waals surface area contributed by atoms with Gasteiger partial charge in [-0.2, -0.15) is 0 Å². The quantitative estimate of drug-likeness (QED) is 0.420. The van der Waals surface area contributed by atoms with E-state index < -0.39 is 0 Å². The average Bonchev–Trinajstić information content (AvgIpc) is 2.41. The smallest absolute Gasteiger partial charge is 0.292 e. The molecular weight excluding hydrogens is 244 g/mol. The predicted molar refractivity (Wildman–Crippen MR) is 76.4 cm³/mol. The SMILES string of the molecule is CCCCOCc1cccc([N+](=O)[O-])c1NCCC. The minimum atomic E-state index is -0.354. The molecule has 1 rings (SSSR count). The van der Waals surface area contributed by atoms with Crippen molar-refractivity contribution in [3.63, 3.8) is 0 Å². The maximum atomic E-state index is 11.0. The third-order valence-electron chi connectivity index (χ3n) is 2.78. The van der Waals surface area contributed by atoms with Gasteiger partial charge in [-0.3, -0.25) is 10.1 Å². The first-order valence-corrected chi connectivity index (χ1v) is 6.78. The highest BCUT2D eigenvalue weighted by Gasteiger charge is 2.16. The third kappa shape index (κ3) is 4.87. The Labute approximate surface area is 114 Å². The summed E-state index contributed by atoms with van der Waals surface area (Å²) in [6.45, 7) is 5.94. The first kappa shape index (κ1) is 15.4. The molecule has 1 N–H and O–H groups in total. The summed E-state index contributed by atoms with van der Waals surface area (Å²) in [7, 11) is 0. The lowest BCUT2D eigenvalue weighted by atomic mass is 10.1. The summed E-state index contributed by atoms with van der Waals surface area (Å²) in [5.41, 5.74) is 1.55. The van der Waals surface area contributed by atoms with E-state index in [0.29, 0.717) is 25.4 Å². The summed E-state index contributed by atoms with van der Waals surface area (Å²) >= 11 is 0. The van der Waals surface area contributed by atoms with Crippen molar-refractivity contribution in [1.29, 1.82) is 0 Å². The van der Waals surface area contributed by atoms with Gasteiger partial charge < -0.3 is 10.1 Å². The van der Waals surface area contributed by atoms with E-state index >= 15 is 0 Å². The van der Waals surface area contributed by atoms with Gasteiger partial charge in [0.25, 0.3) is 5.69 Å². The lowest BCUT2D eigenvalue weighted by Crippen LogP contribution is -2.07. The number of nitrogens with one attached hydrogen (secondary N) is 1. The second kappa shape index (κ2) is 8.48. The van der Waals surface area contributed by atoms with Crippen LogP contribution < -0.4 is 5.32 Å². The van der Waals surface area contributed by atoms with Gasteiger partial charge in [0.15, 0.2) is 0 Å². The number of ether oxygens (including phenoxy) is 1. The molecule has 0 fully saturated rings. The molecule has 0 saturated carbocycles. The van der Waals surface area contributed by atoms with Gasteiger partial charge in [0.1, 0.15) is 5.69 Å². The number of hydrogen-bond acceptors (Lipinski definition) is 4. The summed E-state index contributed by atoms with van der Waals surface area (Å²) < 4.78 is 5.55. The Morgan fingerprint density at radius 2 is 2.11 bits per heavy atom. The normalized spacial score (nSPS) is 10.4. The molecule has 0 atom stereocenters. The molecule has 19 heavy (non-hydrogen) atoms. The first-order chi connectivity index (χ1) is 9.20. The van der Waals surface area contributed by atoms with E-state index in [4.69, 9.17) is 4.74 Å². The van der Waals surface area contributed by atoms with Crippen molar-refractivity contribution < 1.29 is 9.66 Å². The Bertz CT molecular complexity index is 408. The molecule has 0 aromatic heterocycles. The number of nitrogens with zero attached hydrogens (tertiary/aromatic N) is 1. The average molecular weight is 266 g/mol. The summed E-state index contributed by atoms with van der Waals surface area (Å²) in [6.07, 6.45) is 3.00. The summed E-state index contributed by atoms with van der Waals surface area (Å²) in [5.74, 6) is 0. The van der Waals surface area contributed by atoms with E-state index in [1.807, 2.05) is 13.0 Å². The van der Waals surface area contributed by atoms with Gasteiger partial charge in [-0.05, 0) is 12.8 Å².